The molecule has 6 nitrogen and oxygen atoms in total. The quantitative estimate of drug-likeness (QED) is 0.570. The van der Waals surface area contributed by atoms with Gasteiger partial charge in [0.15, 0.2) is 17.2 Å². The van der Waals surface area contributed by atoms with Crippen LogP contribution >= 0.6 is 0 Å². The maximum absolute atomic E-state index is 13.9. The van der Waals surface area contributed by atoms with Gasteiger partial charge in [0.25, 0.3) is 5.91 Å². The zero-order valence-corrected chi connectivity index (χ0v) is 13.1. The highest BCUT2D eigenvalue weighted by atomic mass is 19.1. The Morgan fingerprint density at radius 3 is 2.84 bits per heavy atom. The van der Waals surface area contributed by atoms with Gasteiger partial charge in [-0.25, -0.2) is 9.37 Å². The first-order chi connectivity index (χ1) is 12.0. The van der Waals surface area contributed by atoms with Gasteiger partial charge in [0.2, 0.25) is 5.43 Å². The molecule has 1 N–H and O–H groups in total. The summed E-state index contributed by atoms with van der Waals surface area (Å²) in [4.78, 5) is 28.7. The number of halogens is 1. The van der Waals surface area contributed by atoms with E-state index in [0.29, 0.717) is 11.1 Å². The van der Waals surface area contributed by atoms with E-state index in [0.717, 1.165) is 0 Å². The van der Waals surface area contributed by atoms with Crippen LogP contribution in [0.4, 0.5) is 10.1 Å². The van der Waals surface area contributed by atoms with Crippen molar-refractivity contribution in [1.82, 2.24) is 9.55 Å². The van der Waals surface area contributed by atoms with Gasteiger partial charge in [-0.3, -0.25) is 9.59 Å². The largest absolute Gasteiger partial charge is 0.453 e. The molecule has 1 amide bonds. The highest BCUT2D eigenvalue weighted by molar-refractivity contribution is 6.03. The van der Waals surface area contributed by atoms with Crippen LogP contribution in [0.1, 0.15) is 10.6 Å². The topological polar surface area (TPSA) is 77.1 Å². The molecule has 0 aliphatic rings. The van der Waals surface area contributed by atoms with Gasteiger partial charge in [-0.15, -0.1) is 0 Å². The Balaban J connectivity index is 1.81. The van der Waals surface area contributed by atoms with Gasteiger partial charge in [0.05, 0.1) is 10.8 Å². The lowest BCUT2D eigenvalue weighted by molar-refractivity contribution is 0.101. The number of hydrogen-bond donors (Lipinski definition) is 1. The molecular formula is C18H12FN3O3. The van der Waals surface area contributed by atoms with E-state index >= 15 is 0 Å². The zero-order chi connectivity index (χ0) is 17.6. The number of hydrogen-bond acceptors (Lipinski definition) is 4. The minimum absolute atomic E-state index is 0.104. The summed E-state index contributed by atoms with van der Waals surface area (Å²) in [5, 5.41) is 3.17. The molecule has 0 bridgehead atoms. The number of para-hydroxylation sites is 1. The SMILES string of the molecule is Cn1ccnc1C(=O)Nc1ccc2c(=O)c3cccc(F)c3oc2c1. The number of nitrogens with zero attached hydrogens (tertiary/aromatic N) is 2. The molecule has 0 atom stereocenters. The van der Waals surface area contributed by atoms with Crippen molar-refractivity contribution < 1.29 is 13.6 Å². The standard InChI is InChI=1S/C18H12FN3O3/c1-22-8-7-20-17(22)18(24)21-10-5-6-11-14(9-10)25-16-12(15(11)23)3-2-4-13(16)19/h2-9H,1H3,(H,21,24). The van der Waals surface area contributed by atoms with E-state index in [4.69, 9.17) is 4.42 Å². The molecule has 124 valence electrons. The second-order valence-corrected chi connectivity index (χ2v) is 5.57. The molecule has 0 spiro atoms. The molecule has 0 saturated heterocycles. The van der Waals surface area contributed by atoms with Crippen LogP contribution < -0.4 is 10.7 Å². The fourth-order valence-electron chi connectivity index (χ4n) is 2.69. The molecule has 2 heterocycles. The smallest absolute Gasteiger partial charge is 0.291 e. The number of fused-ring (bicyclic) bond motifs is 2. The minimum Gasteiger partial charge on any atom is -0.453 e. The van der Waals surface area contributed by atoms with Crippen LogP contribution in [0.2, 0.25) is 0 Å². The summed E-state index contributed by atoms with van der Waals surface area (Å²) in [6.07, 6.45) is 3.17. The van der Waals surface area contributed by atoms with Crippen molar-refractivity contribution in [2.24, 2.45) is 7.05 Å². The number of imidazole rings is 1. The Hall–Kier alpha value is -3.48. The monoisotopic (exact) mass is 337 g/mol. The Morgan fingerprint density at radius 2 is 2.08 bits per heavy atom. The van der Waals surface area contributed by atoms with E-state index in [2.05, 4.69) is 10.3 Å². The molecule has 0 radical (unpaired) electrons. The van der Waals surface area contributed by atoms with Crippen LogP contribution in [0.5, 0.6) is 0 Å². The maximum atomic E-state index is 13.9. The normalized spacial score (nSPS) is 11.1. The maximum Gasteiger partial charge on any atom is 0.291 e. The summed E-state index contributed by atoms with van der Waals surface area (Å²) in [5.74, 6) is -0.772. The molecule has 0 aliphatic heterocycles. The number of rotatable bonds is 2. The van der Waals surface area contributed by atoms with Crippen LogP contribution in [-0.2, 0) is 7.05 Å². The fourth-order valence-corrected chi connectivity index (χ4v) is 2.69. The number of aryl methyl sites for hydroxylation is 1. The molecule has 0 saturated carbocycles. The number of nitrogens with one attached hydrogen (secondary N) is 1. The van der Waals surface area contributed by atoms with Crippen LogP contribution in [0.15, 0.2) is 58.0 Å². The first-order valence-electron chi connectivity index (χ1n) is 7.48. The second kappa shape index (κ2) is 5.55. The minimum atomic E-state index is -0.612. The molecular weight excluding hydrogens is 325 g/mol. The lowest BCUT2D eigenvalue weighted by Gasteiger charge is -2.07. The Kier molecular flexibility index (Phi) is 3.35. The van der Waals surface area contributed by atoms with Crippen molar-refractivity contribution in [1.29, 1.82) is 0 Å². The second-order valence-electron chi connectivity index (χ2n) is 5.57. The third-order valence-electron chi connectivity index (χ3n) is 3.93. The number of aromatic nitrogens is 2. The van der Waals surface area contributed by atoms with Crippen LogP contribution in [0.3, 0.4) is 0 Å². The highest BCUT2D eigenvalue weighted by Crippen LogP contribution is 2.23. The third kappa shape index (κ3) is 2.46. The van der Waals surface area contributed by atoms with E-state index in [1.165, 1.54) is 30.5 Å². The predicted molar refractivity (Wildman–Crippen MR) is 91.1 cm³/mol. The molecule has 2 aromatic carbocycles. The van der Waals surface area contributed by atoms with Crippen molar-refractivity contribution in [2.45, 2.75) is 0 Å². The summed E-state index contributed by atoms with van der Waals surface area (Å²) in [6.45, 7) is 0. The van der Waals surface area contributed by atoms with Gasteiger partial charge in [-0.2, -0.15) is 0 Å². The molecule has 2 aromatic heterocycles. The molecule has 25 heavy (non-hydrogen) atoms. The summed E-state index contributed by atoms with van der Waals surface area (Å²) in [6, 6.07) is 8.82. The van der Waals surface area contributed by atoms with Gasteiger partial charge in [0.1, 0.15) is 5.58 Å². The first kappa shape index (κ1) is 15.1. The van der Waals surface area contributed by atoms with Gasteiger partial charge in [0, 0.05) is 31.2 Å². The summed E-state index contributed by atoms with van der Waals surface area (Å²) >= 11 is 0. The van der Waals surface area contributed by atoms with Crippen LogP contribution in [-0.4, -0.2) is 15.5 Å². The molecule has 0 aliphatic carbocycles. The number of benzene rings is 2. The van der Waals surface area contributed by atoms with Gasteiger partial charge < -0.3 is 14.3 Å². The molecule has 4 aromatic rings. The van der Waals surface area contributed by atoms with Crippen molar-refractivity contribution in [3.05, 3.63) is 70.7 Å². The lowest BCUT2D eigenvalue weighted by atomic mass is 10.1. The number of amides is 1. The van der Waals surface area contributed by atoms with Gasteiger partial charge >= 0.3 is 0 Å². The van der Waals surface area contributed by atoms with Crippen molar-refractivity contribution in [3.8, 4) is 0 Å². The first-order valence-corrected chi connectivity index (χ1v) is 7.48. The highest BCUT2D eigenvalue weighted by Gasteiger charge is 2.14. The predicted octanol–water partition coefficient (Wildman–Crippen LogP) is 3.07. The average molecular weight is 337 g/mol. The van der Waals surface area contributed by atoms with Crippen molar-refractivity contribution in [2.75, 3.05) is 5.32 Å². The van der Waals surface area contributed by atoms with Crippen LogP contribution in [0, 0.1) is 5.82 Å². The number of anilines is 1. The van der Waals surface area contributed by atoms with E-state index in [1.54, 1.807) is 29.9 Å². The van der Waals surface area contributed by atoms with Crippen molar-refractivity contribution in [3.63, 3.8) is 0 Å². The van der Waals surface area contributed by atoms with E-state index in [1.807, 2.05) is 0 Å². The van der Waals surface area contributed by atoms with E-state index < -0.39 is 11.7 Å². The van der Waals surface area contributed by atoms with Crippen molar-refractivity contribution >= 4 is 33.5 Å². The lowest BCUT2D eigenvalue weighted by Crippen LogP contribution is -2.16. The molecule has 7 heteroatoms. The van der Waals surface area contributed by atoms with Crippen LogP contribution in [0.25, 0.3) is 21.9 Å². The van der Waals surface area contributed by atoms with Gasteiger partial charge in [-0.05, 0) is 24.3 Å². The Labute approximate surface area is 140 Å². The van der Waals surface area contributed by atoms with E-state index in [-0.39, 0.29) is 27.8 Å². The molecule has 0 unspecified atom stereocenters. The Bertz CT molecular complexity index is 1190. The number of carbonyl (C=O) groups is 1. The summed E-state index contributed by atoms with van der Waals surface area (Å²) < 4.78 is 21.1. The number of carbonyl (C=O) groups excluding carboxylic acids is 1. The average Bonchev–Trinajstić information content (AvgIpc) is 3.02. The summed E-state index contributed by atoms with van der Waals surface area (Å²) in [5.41, 5.74) is 0.185. The zero-order valence-electron chi connectivity index (χ0n) is 13.1. The van der Waals surface area contributed by atoms with E-state index in [9.17, 15) is 14.0 Å². The molecule has 0 fully saturated rings. The fraction of sp³-hybridized carbons (Fsp3) is 0.0556. The van der Waals surface area contributed by atoms with Gasteiger partial charge in [-0.1, -0.05) is 6.07 Å². The summed E-state index contributed by atoms with van der Waals surface area (Å²) in [7, 11) is 1.70. The third-order valence-corrected chi connectivity index (χ3v) is 3.93. The Morgan fingerprint density at radius 1 is 1.24 bits per heavy atom. The molecule has 4 rings (SSSR count).